The Morgan fingerprint density at radius 3 is 1.93 bits per heavy atom. The largest absolute Gasteiger partial charge is 0.398 e. The van der Waals surface area contributed by atoms with E-state index in [-0.39, 0.29) is 13.0 Å². The highest BCUT2D eigenvalue weighted by Gasteiger charge is 2.17. The topological polar surface area (TPSA) is 148 Å². The number of nitrogens with zero attached hydrogens (tertiary/aromatic N) is 1. The summed E-state index contributed by atoms with van der Waals surface area (Å²) in [5.74, 6) is 0. The monoisotopic (exact) mass is 390 g/mol. The number of nitrogens with one attached hydrogen (secondary N) is 1. The average Bonchev–Trinajstić information content (AvgIpc) is 2.64. The van der Waals surface area contributed by atoms with Crippen LogP contribution in [0.3, 0.4) is 0 Å². The Bertz CT molecular complexity index is 758. The molecule has 8 heteroatoms. The van der Waals surface area contributed by atoms with Gasteiger partial charge in [-0.2, -0.15) is 0 Å². The first-order chi connectivity index (χ1) is 13.2. The van der Waals surface area contributed by atoms with E-state index in [1.807, 2.05) is 12.1 Å². The molecule has 8 nitrogen and oxygen atoms in total. The Kier molecular flexibility index (Phi) is 7.47. The number of nitrogen functional groups attached to an aromatic ring is 2. The molecule has 9 N–H and O–H groups in total. The second kappa shape index (κ2) is 9.61. The zero-order valence-corrected chi connectivity index (χ0v) is 16.2. The van der Waals surface area contributed by atoms with Crippen LogP contribution in [0, 0.1) is 0 Å². The lowest BCUT2D eigenvalue weighted by atomic mass is 9.98. The molecule has 0 aliphatic heterocycles. The van der Waals surface area contributed by atoms with Crippen LogP contribution < -0.4 is 21.7 Å². The zero-order chi connectivity index (χ0) is 20.8. The van der Waals surface area contributed by atoms with E-state index in [1.54, 1.807) is 38.1 Å². The lowest BCUT2D eigenvalue weighted by Crippen LogP contribution is -2.40. The molecule has 0 bridgehead atoms. The second-order valence-electron chi connectivity index (χ2n) is 6.81. The molecule has 2 aromatic carbocycles. The molecule has 154 valence electrons. The van der Waals surface area contributed by atoms with Crippen molar-refractivity contribution >= 4 is 22.7 Å². The molecule has 2 aromatic rings. The molecule has 0 aliphatic carbocycles. The maximum Gasteiger partial charge on any atom is 0.126 e. The molecule has 0 spiro atoms. The first-order valence-corrected chi connectivity index (χ1v) is 9.17. The van der Waals surface area contributed by atoms with E-state index in [0.717, 1.165) is 11.3 Å². The molecule has 0 radical (unpaired) electrons. The average molecular weight is 390 g/mol. The van der Waals surface area contributed by atoms with Crippen LogP contribution in [0.4, 0.5) is 22.7 Å². The summed E-state index contributed by atoms with van der Waals surface area (Å²) < 4.78 is 0. The Morgan fingerprint density at radius 2 is 1.43 bits per heavy atom. The molecular weight excluding hydrogens is 360 g/mol. The van der Waals surface area contributed by atoms with Gasteiger partial charge in [-0.3, -0.25) is 0 Å². The normalized spacial score (nSPS) is 14.4. The van der Waals surface area contributed by atoms with Gasteiger partial charge in [-0.25, -0.2) is 0 Å². The smallest absolute Gasteiger partial charge is 0.126 e. The third-order valence-electron chi connectivity index (χ3n) is 4.59. The molecule has 0 saturated heterocycles. The molecule has 28 heavy (non-hydrogen) atoms. The summed E-state index contributed by atoms with van der Waals surface area (Å²) in [6, 6.07) is 10.7. The lowest BCUT2D eigenvalue weighted by molar-refractivity contribution is 0.0955. The van der Waals surface area contributed by atoms with Crippen LogP contribution in [0.15, 0.2) is 36.4 Å². The standard InChI is InChI=1S/C20H30N4O4/c1-12(26)24(13(2)27)15-5-3-14(4-6-15)23-10-18-17(9-16(28)11-25)19(21)7-8-20(18)22/h3-8,12-13,16,23,25-28H,9-11,21-22H2,1-2H3. The van der Waals surface area contributed by atoms with E-state index in [2.05, 4.69) is 5.32 Å². The van der Waals surface area contributed by atoms with Gasteiger partial charge in [-0.1, -0.05) is 0 Å². The van der Waals surface area contributed by atoms with E-state index < -0.39 is 18.6 Å². The van der Waals surface area contributed by atoms with Gasteiger partial charge in [0.25, 0.3) is 0 Å². The Balaban J connectivity index is 2.17. The summed E-state index contributed by atoms with van der Waals surface area (Å²) in [6.07, 6.45) is -2.35. The van der Waals surface area contributed by atoms with E-state index in [1.165, 1.54) is 4.90 Å². The van der Waals surface area contributed by atoms with Crippen LogP contribution in [0.1, 0.15) is 25.0 Å². The summed E-state index contributed by atoms with van der Waals surface area (Å²) in [5.41, 5.74) is 16.2. The molecule has 2 rings (SSSR count). The van der Waals surface area contributed by atoms with Crippen LogP contribution in [-0.4, -0.2) is 45.6 Å². The number of hydrogen-bond donors (Lipinski definition) is 7. The highest BCUT2D eigenvalue weighted by atomic mass is 16.3. The van der Waals surface area contributed by atoms with Gasteiger partial charge in [-0.15, -0.1) is 0 Å². The second-order valence-corrected chi connectivity index (χ2v) is 6.81. The van der Waals surface area contributed by atoms with E-state index in [9.17, 15) is 15.3 Å². The quantitative estimate of drug-likeness (QED) is 0.246. The van der Waals surface area contributed by atoms with Crippen LogP contribution in [0.25, 0.3) is 0 Å². The molecule has 0 saturated carbocycles. The summed E-state index contributed by atoms with van der Waals surface area (Å²) in [6.45, 7) is 3.21. The Morgan fingerprint density at radius 1 is 0.893 bits per heavy atom. The summed E-state index contributed by atoms with van der Waals surface area (Å²) in [7, 11) is 0. The summed E-state index contributed by atoms with van der Waals surface area (Å²) in [5, 5.41) is 41.8. The van der Waals surface area contributed by atoms with Gasteiger partial charge in [-0.05, 0) is 61.4 Å². The Labute approximate surface area is 165 Å². The van der Waals surface area contributed by atoms with Gasteiger partial charge in [0.1, 0.15) is 12.5 Å². The fourth-order valence-electron chi connectivity index (χ4n) is 3.16. The van der Waals surface area contributed by atoms with Crippen LogP contribution in [0.5, 0.6) is 0 Å². The van der Waals surface area contributed by atoms with Crippen LogP contribution in [0.2, 0.25) is 0 Å². The number of hydrogen-bond acceptors (Lipinski definition) is 8. The van der Waals surface area contributed by atoms with Crippen LogP contribution in [-0.2, 0) is 13.0 Å². The number of anilines is 4. The molecule has 0 aliphatic rings. The number of rotatable bonds is 9. The number of aliphatic hydroxyl groups is 4. The zero-order valence-electron chi connectivity index (χ0n) is 16.2. The summed E-state index contributed by atoms with van der Waals surface area (Å²) in [4.78, 5) is 1.48. The van der Waals surface area contributed by atoms with Crippen molar-refractivity contribution in [2.75, 3.05) is 28.3 Å². The minimum absolute atomic E-state index is 0.209. The van der Waals surface area contributed by atoms with Gasteiger partial charge in [0.15, 0.2) is 0 Å². The van der Waals surface area contributed by atoms with Gasteiger partial charge >= 0.3 is 0 Å². The fraction of sp³-hybridized carbons (Fsp3) is 0.400. The maximum absolute atomic E-state index is 9.82. The third-order valence-corrected chi connectivity index (χ3v) is 4.59. The molecule has 3 unspecified atom stereocenters. The SMILES string of the molecule is CC(O)N(c1ccc(NCc2c(N)ccc(N)c2CC(O)CO)cc1)C(C)O. The van der Waals surface area contributed by atoms with Gasteiger partial charge in [0.05, 0.1) is 12.7 Å². The molecule has 0 heterocycles. The van der Waals surface area contributed by atoms with E-state index in [0.29, 0.717) is 29.2 Å². The predicted molar refractivity (Wildman–Crippen MR) is 112 cm³/mol. The van der Waals surface area contributed by atoms with Crippen molar-refractivity contribution in [1.82, 2.24) is 0 Å². The number of benzene rings is 2. The minimum atomic E-state index is -0.908. The number of aliphatic hydroxyl groups excluding tert-OH is 4. The molecule has 0 fully saturated rings. The van der Waals surface area contributed by atoms with Crippen molar-refractivity contribution in [3.63, 3.8) is 0 Å². The molecule has 0 aromatic heterocycles. The first-order valence-electron chi connectivity index (χ1n) is 9.17. The van der Waals surface area contributed by atoms with Crippen molar-refractivity contribution in [3.05, 3.63) is 47.5 Å². The third kappa shape index (κ3) is 5.26. The fourth-order valence-corrected chi connectivity index (χ4v) is 3.16. The highest BCUT2D eigenvalue weighted by Crippen LogP contribution is 2.27. The minimum Gasteiger partial charge on any atom is -0.398 e. The molecule has 3 atom stereocenters. The van der Waals surface area contributed by atoms with Gasteiger partial charge in [0.2, 0.25) is 0 Å². The van der Waals surface area contributed by atoms with Gasteiger partial charge < -0.3 is 42.1 Å². The molecule has 0 amide bonds. The van der Waals surface area contributed by atoms with E-state index >= 15 is 0 Å². The van der Waals surface area contributed by atoms with Crippen molar-refractivity contribution in [2.24, 2.45) is 0 Å². The van der Waals surface area contributed by atoms with Crippen molar-refractivity contribution in [1.29, 1.82) is 0 Å². The van der Waals surface area contributed by atoms with Crippen LogP contribution >= 0.6 is 0 Å². The van der Waals surface area contributed by atoms with Crippen molar-refractivity contribution < 1.29 is 20.4 Å². The van der Waals surface area contributed by atoms with E-state index in [4.69, 9.17) is 16.6 Å². The highest BCUT2D eigenvalue weighted by molar-refractivity contribution is 5.64. The number of nitrogens with two attached hydrogens (primary N) is 2. The van der Waals surface area contributed by atoms with Crippen molar-refractivity contribution in [2.45, 2.75) is 45.4 Å². The predicted octanol–water partition coefficient (Wildman–Crippen LogP) is 0.842. The Hall–Kier alpha value is -2.52. The first kappa shape index (κ1) is 21.8. The molecular formula is C20H30N4O4. The van der Waals surface area contributed by atoms with Gasteiger partial charge in [0, 0.05) is 35.7 Å². The van der Waals surface area contributed by atoms with Crippen molar-refractivity contribution in [3.8, 4) is 0 Å². The summed E-state index contributed by atoms with van der Waals surface area (Å²) >= 11 is 0. The lowest BCUT2D eigenvalue weighted by Gasteiger charge is -2.30. The maximum atomic E-state index is 9.82.